The van der Waals surface area contributed by atoms with Crippen LogP contribution in [0.3, 0.4) is 0 Å². The van der Waals surface area contributed by atoms with Crippen molar-refractivity contribution in [3.8, 4) is 0 Å². The highest BCUT2D eigenvalue weighted by Crippen LogP contribution is 2.31. The Kier molecular flexibility index (Phi) is 3.33. The molecule has 2 aromatic rings. The van der Waals surface area contributed by atoms with E-state index in [1.54, 1.807) is 18.2 Å². The van der Waals surface area contributed by atoms with Crippen LogP contribution in [0.5, 0.6) is 0 Å². The third kappa shape index (κ3) is 2.32. The Labute approximate surface area is 134 Å². The first-order valence-electron chi connectivity index (χ1n) is 7.08. The van der Waals surface area contributed by atoms with E-state index in [1.165, 1.54) is 0 Å². The van der Waals surface area contributed by atoms with Crippen LogP contribution in [-0.4, -0.2) is 16.2 Å². The fourth-order valence-corrected chi connectivity index (χ4v) is 2.76. The first-order valence-corrected chi connectivity index (χ1v) is 7.46. The average molecular weight is 314 g/mol. The van der Waals surface area contributed by atoms with E-state index in [-0.39, 0.29) is 16.9 Å². The van der Waals surface area contributed by atoms with Gasteiger partial charge in [-0.2, -0.15) is 4.74 Å². The molecule has 4 heteroatoms. The van der Waals surface area contributed by atoms with Crippen molar-refractivity contribution in [2.75, 3.05) is 0 Å². The van der Waals surface area contributed by atoms with Crippen LogP contribution in [0.2, 0.25) is 5.02 Å². The molecular weight excluding hydrogens is 298 g/mol. The Hall–Kier alpha value is -2.13. The van der Waals surface area contributed by atoms with Crippen molar-refractivity contribution in [3.05, 3.63) is 69.4 Å². The molecule has 0 saturated carbocycles. The Morgan fingerprint density at radius 2 is 1.68 bits per heavy atom. The molecule has 0 aromatic heterocycles. The molecule has 3 nitrogen and oxygen atoms in total. The van der Waals surface area contributed by atoms with Gasteiger partial charge < -0.3 is 5.21 Å². The quantitative estimate of drug-likeness (QED) is 0.576. The molecule has 22 heavy (non-hydrogen) atoms. The zero-order valence-electron chi connectivity index (χ0n) is 12.7. The Morgan fingerprint density at radius 1 is 1.05 bits per heavy atom. The van der Waals surface area contributed by atoms with E-state index in [0.29, 0.717) is 26.6 Å². The minimum atomic E-state index is -0.281. The van der Waals surface area contributed by atoms with E-state index >= 15 is 0 Å². The van der Waals surface area contributed by atoms with E-state index in [4.69, 9.17) is 11.6 Å². The van der Waals surface area contributed by atoms with Crippen molar-refractivity contribution in [1.29, 1.82) is 0 Å². The number of carbonyl (C=O) groups excluding carboxylic acids is 1. The lowest BCUT2D eigenvalue weighted by Gasteiger charge is -2.18. The third-order valence-electron chi connectivity index (χ3n) is 3.86. The summed E-state index contributed by atoms with van der Waals surface area (Å²) in [4.78, 5) is 12.5. The van der Waals surface area contributed by atoms with Crippen LogP contribution in [0.1, 0.15) is 42.3 Å². The highest BCUT2D eigenvalue weighted by molar-refractivity contribution is 6.52. The van der Waals surface area contributed by atoms with Crippen LogP contribution < -0.4 is 0 Å². The largest absolute Gasteiger partial charge is 0.618 e. The molecule has 0 fully saturated rings. The lowest BCUT2D eigenvalue weighted by Crippen LogP contribution is -2.17. The van der Waals surface area contributed by atoms with E-state index in [0.717, 1.165) is 5.56 Å². The summed E-state index contributed by atoms with van der Waals surface area (Å²) in [6.45, 7) is 6.36. The lowest BCUT2D eigenvalue weighted by atomic mass is 9.86. The molecule has 1 aliphatic heterocycles. The summed E-state index contributed by atoms with van der Waals surface area (Å²) in [5, 5.41) is 12.9. The second-order valence-electron chi connectivity index (χ2n) is 6.46. The molecule has 0 aliphatic carbocycles. The summed E-state index contributed by atoms with van der Waals surface area (Å²) in [5.41, 5.74) is 2.66. The van der Waals surface area contributed by atoms with Crippen molar-refractivity contribution in [3.63, 3.8) is 0 Å². The SMILES string of the molecule is CC(C)(C)c1ccc(C2=[N+]([O-])c3ccc(Cl)cc3C2=O)cc1. The normalized spacial score (nSPS) is 14.5. The number of hydrogen-bond donors (Lipinski definition) is 0. The van der Waals surface area contributed by atoms with Gasteiger partial charge in [0, 0.05) is 11.1 Å². The smallest absolute Gasteiger partial charge is 0.272 e. The zero-order valence-corrected chi connectivity index (χ0v) is 13.4. The molecule has 0 atom stereocenters. The fraction of sp³-hybridized carbons (Fsp3) is 0.222. The van der Waals surface area contributed by atoms with Crippen molar-refractivity contribution < 1.29 is 9.53 Å². The Morgan fingerprint density at radius 3 is 2.27 bits per heavy atom. The minimum absolute atomic E-state index is 0.0243. The van der Waals surface area contributed by atoms with Gasteiger partial charge in [-0.15, -0.1) is 0 Å². The Balaban J connectivity index is 2.07. The number of nitrogens with zero attached hydrogens (tertiary/aromatic N) is 1. The molecule has 1 heterocycles. The van der Waals surface area contributed by atoms with Gasteiger partial charge in [-0.25, -0.2) is 0 Å². The summed E-state index contributed by atoms with van der Waals surface area (Å²) in [6.07, 6.45) is 0. The van der Waals surface area contributed by atoms with Crippen LogP contribution in [0.4, 0.5) is 5.69 Å². The van der Waals surface area contributed by atoms with Crippen molar-refractivity contribution >= 4 is 28.8 Å². The predicted octanol–water partition coefficient (Wildman–Crippen LogP) is 4.46. The summed E-state index contributed by atoms with van der Waals surface area (Å²) in [7, 11) is 0. The van der Waals surface area contributed by atoms with Gasteiger partial charge in [0.05, 0.1) is 5.56 Å². The van der Waals surface area contributed by atoms with Gasteiger partial charge in [0.2, 0.25) is 5.69 Å². The highest BCUT2D eigenvalue weighted by atomic mass is 35.5. The van der Waals surface area contributed by atoms with Crippen molar-refractivity contribution in [2.24, 2.45) is 0 Å². The number of fused-ring (bicyclic) bond motifs is 1. The molecule has 0 spiro atoms. The van der Waals surface area contributed by atoms with E-state index in [1.807, 2.05) is 24.3 Å². The number of hydrogen-bond acceptors (Lipinski definition) is 2. The van der Waals surface area contributed by atoms with Crippen LogP contribution in [-0.2, 0) is 5.41 Å². The molecule has 3 rings (SSSR count). The van der Waals surface area contributed by atoms with Gasteiger partial charge in [0.25, 0.3) is 11.5 Å². The summed E-state index contributed by atoms with van der Waals surface area (Å²) < 4.78 is 0.695. The van der Waals surface area contributed by atoms with Crippen LogP contribution in [0.15, 0.2) is 42.5 Å². The van der Waals surface area contributed by atoms with Crippen LogP contribution >= 0.6 is 11.6 Å². The van der Waals surface area contributed by atoms with Crippen molar-refractivity contribution in [2.45, 2.75) is 26.2 Å². The van der Waals surface area contributed by atoms with Gasteiger partial charge in [-0.1, -0.05) is 44.5 Å². The maximum atomic E-state index is 12.5. The monoisotopic (exact) mass is 313 g/mol. The summed E-state index contributed by atoms with van der Waals surface area (Å²) >= 11 is 5.92. The molecule has 112 valence electrons. The Bertz CT molecular complexity index is 799. The second kappa shape index (κ2) is 4.96. The van der Waals surface area contributed by atoms with Gasteiger partial charge in [-0.05, 0) is 35.2 Å². The maximum Gasteiger partial charge on any atom is 0.272 e. The molecule has 0 N–H and O–H groups in total. The van der Waals surface area contributed by atoms with Gasteiger partial charge in [0.1, 0.15) is 5.56 Å². The summed E-state index contributed by atoms with van der Waals surface area (Å²) in [6, 6.07) is 12.3. The predicted molar refractivity (Wildman–Crippen MR) is 88.3 cm³/mol. The number of rotatable bonds is 1. The molecule has 1 aliphatic rings. The van der Waals surface area contributed by atoms with Crippen LogP contribution in [0, 0.1) is 5.21 Å². The molecular formula is C18H16ClNO2. The fourth-order valence-electron chi connectivity index (χ4n) is 2.58. The molecule has 0 unspecified atom stereocenters. The van der Waals surface area contributed by atoms with E-state index in [2.05, 4.69) is 20.8 Å². The molecule has 0 saturated heterocycles. The van der Waals surface area contributed by atoms with Gasteiger partial charge in [-0.3, -0.25) is 4.79 Å². The average Bonchev–Trinajstić information content (AvgIpc) is 2.70. The van der Waals surface area contributed by atoms with Crippen LogP contribution in [0.25, 0.3) is 0 Å². The molecule has 0 bridgehead atoms. The zero-order chi connectivity index (χ0) is 16.1. The number of Topliss-reactive ketones (excluding diaryl/α,β-unsaturated/α-hetero) is 1. The molecule has 0 amide bonds. The van der Waals surface area contributed by atoms with E-state index < -0.39 is 0 Å². The van der Waals surface area contributed by atoms with Gasteiger partial charge in [0.15, 0.2) is 0 Å². The number of carbonyl (C=O) groups is 1. The third-order valence-corrected chi connectivity index (χ3v) is 4.10. The van der Waals surface area contributed by atoms with Gasteiger partial charge >= 0.3 is 0 Å². The molecule has 0 radical (unpaired) electrons. The molecule has 2 aromatic carbocycles. The maximum absolute atomic E-state index is 12.5. The first kappa shape index (κ1) is 14.8. The highest BCUT2D eigenvalue weighted by Gasteiger charge is 2.36. The van der Waals surface area contributed by atoms with Crippen molar-refractivity contribution in [1.82, 2.24) is 0 Å². The lowest BCUT2D eigenvalue weighted by molar-refractivity contribution is -0.355. The standard InChI is InChI=1S/C18H16ClNO2/c1-18(2,3)12-6-4-11(5-7-12)16-17(21)14-10-13(19)8-9-15(14)20(16)22/h4-10H,1-3H3. The first-order chi connectivity index (χ1) is 10.3. The minimum Gasteiger partial charge on any atom is -0.618 e. The topological polar surface area (TPSA) is 43.1 Å². The number of ketones is 1. The second-order valence-corrected chi connectivity index (χ2v) is 6.90. The number of benzene rings is 2. The summed E-state index contributed by atoms with van der Waals surface area (Å²) in [5.74, 6) is -0.281. The van der Waals surface area contributed by atoms with E-state index in [9.17, 15) is 10.0 Å². The number of halogens is 1.